The van der Waals surface area contributed by atoms with E-state index in [0.717, 1.165) is 5.56 Å². The minimum absolute atomic E-state index is 0.215. The second-order valence-electron chi connectivity index (χ2n) is 2.54. The number of rotatable bonds is 3. The lowest BCUT2D eigenvalue weighted by atomic mass is 10.1. The highest BCUT2D eigenvalue weighted by Crippen LogP contribution is 2.08. The topological polar surface area (TPSA) is 48.7 Å². The predicted octanol–water partition coefficient (Wildman–Crippen LogP) is 1.26. The molecule has 0 saturated heterocycles. The van der Waals surface area contributed by atoms with Gasteiger partial charge in [-0.15, -0.1) is 0 Å². The SMILES string of the molecule is C[C@H](NCC#N)c1ccncc1. The van der Waals surface area contributed by atoms with Crippen LogP contribution in [0, 0.1) is 11.3 Å². The Hall–Kier alpha value is -1.40. The van der Waals surface area contributed by atoms with Crippen LogP contribution in [0.4, 0.5) is 0 Å². The maximum Gasteiger partial charge on any atom is 0.0845 e. The molecular weight excluding hydrogens is 150 g/mol. The van der Waals surface area contributed by atoms with Crippen molar-refractivity contribution in [2.75, 3.05) is 6.54 Å². The van der Waals surface area contributed by atoms with E-state index in [0.29, 0.717) is 6.54 Å². The molecular formula is C9H11N3. The lowest BCUT2D eigenvalue weighted by Gasteiger charge is -2.10. The Morgan fingerprint density at radius 2 is 2.25 bits per heavy atom. The largest absolute Gasteiger partial charge is 0.298 e. The highest BCUT2D eigenvalue weighted by molar-refractivity contribution is 5.14. The molecule has 0 unspecified atom stereocenters. The normalized spacial score (nSPS) is 12.0. The number of pyridine rings is 1. The number of aromatic nitrogens is 1. The molecule has 0 aromatic carbocycles. The monoisotopic (exact) mass is 161 g/mol. The van der Waals surface area contributed by atoms with E-state index >= 15 is 0 Å². The van der Waals surface area contributed by atoms with Gasteiger partial charge in [0, 0.05) is 18.4 Å². The Morgan fingerprint density at radius 1 is 1.58 bits per heavy atom. The standard InChI is InChI=1S/C9H11N3/c1-8(12-7-4-10)9-2-5-11-6-3-9/h2-3,5-6,8,12H,7H2,1H3/t8-/m0/s1. The Labute approximate surface area is 72.1 Å². The van der Waals surface area contributed by atoms with E-state index in [1.807, 2.05) is 25.1 Å². The minimum atomic E-state index is 0.215. The molecule has 0 saturated carbocycles. The van der Waals surface area contributed by atoms with Gasteiger partial charge in [0.05, 0.1) is 12.6 Å². The predicted molar refractivity (Wildman–Crippen MR) is 46.3 cm³/mol. The molecule has 0 aliphatic heterocycles. The third-order valence-electron chi connectivity index (χ3n) is 1.69. The Balaban J connectivity index is 2.55. The minimum Gasteiger partial charge on any atom is -0.298 e. The van der Waals surface area contributed by atoms with Gasteiger partial charge in [0.25, 0.3) is 0 Å². The summed E-state index contributed by atoms with van der Waals surface area (Å²) in [6.45, 7) is 2.40. The zero-order chi connectivity index (χ0) is 8.81. The summed E-state index contributed by atoms with van der Waals surface area (Å²) >= 11 is 0. The summed E-state index contributed by atoms with van der Waals surface area (Å²) < 4.78 is 0. The van der Waals surface area contributed by atoms with Crippen LogP contribution >= 0.6 is 0 Å². The number of nitriles is 1. The molecule has 12 heavy (non-hydrogen) atoms. The van der Waals surface area contributed by atoms with Gasteiger partial charge in [0.2, 0.25) is 0 Å². The lowest BCUT2D eigenvalue weighted by Crippen LogP contribution is -2.18. The van der Waals surface area contributed by atoms with Crippen molar-refractivity contribution in [3.05, 3.63) is 30.1 Å². The fourth-order valence-electron chi connectivity index (χ4n) is 0.969. The fraction of sp³-hybridized carbons (Fsp3) is 0.333. The molecule has 62 valence electrons. The third kappa shape index (κ3) is 2.33. The van der Waals surface area contributed by atoms with E-state index in [1.54, 1.807) is 12.4 Å². The fourth-order valence-corrected chi connectivity index (χ4v) is 0.969. The molecule has 1 aromatic heterocycles. The van der Waals surface area contributed by atoms with Crippen molar-refractivity contribution in [3.63, 3.8) is 0 Å². The highest BCUT2D eigenvalue weighted by atomic mass is 14.9. The average molecular weight is 161 g/mol. The summed E-state index contributed by atoms with van der Waals surface area (Å²) in [5.74, 6) is 0. The summed E-state index contributed by atoms with van der Waals surface area (Å²) in [6.07, 6.45) is 3.50. The van der Waals surface area contributed by atoms with Gasteiger partial charge in [0.1, 0.15) is 0 Å². The van der Waals surface area contributed by atoms with E-state index in [2.05, 4.69) is 10.3 Å². The van der Waals surface area contributed by atoms with Crippen LogP contribution in [0.2, 0.25) is 0 Å². The Bertz CT molecular complexity index is 263. The molecule has 3 nitrogen and oxygen atoms in total. The van der Waals surface area contributed by atoms with Crippen LogP contribution < -0.4 is 5.32 Å². The van der Waals surface area contributed by atoms with Crippen molar-refractivity contribution in [2.45, 2.75) is 13.0 Å². The second-order valence-corrected chi connectivity index (χ2v) is 2.54. The summed E-state index contributed by atoms with van der Waals surface area (Å²) in [7, 11) is 0. The van der Waals surface area contributed by atoms with Gasteiger partial charge >= 0.3 is 0 Å². The first kappa shape index (κ1) is 8.69. The first-order chi connectivity index (χ1) is 5.84. The van der Waals surface area contributed by atoms with Gasteiger partial charge in [-0.3, -0.25) is 10.3 Å². The third-order valence-corrected chi connectivity index (χ3v) is 1.69. The summed E-state index contributed by atoms with van der Waals surface area (Å²) in [5, 5.41) is 11.4. The van der Waals surface area contributed by atoms with E-state index in [9.17, 15) is 0 Å². The number of hydrogen-bond donors (Lipinski definition) is 1. The summed E-state index contributed by atoms with van der Waals surface area (Å²) in [4.78, 5) is 3.92. The molecule has 0 spiro atoms. The zero-order valence-electron chi connectivity index (χ0n) is 6.99. The molecule has 0 aliphatic carbocycles. The Morgan fingerprint density at radius 3 is 2.83 bits per heavy atom. The van der Waals surface area contributed by atoms with Gasteiger partial charge in [0.15, 0.2) is 0 Å². The maximum absolute atomic E-state index is 8.34. The number of hydrogen-bond acceptors (Lipinski definition) is 3. The van der Waals surface area contributed by atoms with E-state index < -0.39 is 0 Å². The Kier molecular flexibility index (Phi) is 3.24. The molecule has 1 rings (SSSR count). The van der Waals surface area contributed by atoms with Crippen LogP contribution in [-0.2, 0) is 0 Å². The molecule has 0 bridgehead atoms. The van der Waals surface area contributed by atoms with Crippen molar-refractivity contribution in [1.29, 1.82) is 5.26 Å². The quantitative estimate of drug-likeness (QED) is 0.679. The molecule has 1 heterocycles. The van der Waals surface area contributed by atoms with Crippen molar-refractivity contribution >= 4 is 0 Å². The van der Waals surface area contributed by atoms with Crippen LogP contribution in [0.15, 0.2) is 24.5 Å². The molecule has 0 amide bonds. The van der Waals surface area contributed by atoms with Crippen LogP contribution in [0.3, 0.4) is 0 Å². The first-order valence-corrected chi connectivity index (χ1v) is 3.85. The molecule has 3 heteroatoms. The maximum atomic E-state index is 8.34. The lowest BCUT2D eigenvalue weighted by molar-refractivity contribution is 0.620. The zero-order valence-corrected chi connectivity index (χ0v) is 6.99. The van der Waals surface area contributed by atoms with Crippen LogP contribution in [0.1, 0.15) is 18.5 Å². The number of nitrogens with zero attached hydrogens (tertiary/aromatic N) is 2. The van der Waals surface area contributed by atoms with Gasteiger partial charge in [-0.2, -0.15) is 5.26 Å². The van der Waals surface area contributed by atoms with Gasteiger partial charge in [-0.25, -0.2) is 0 Å². The van der Waals surface area contributed by atoms with Gasteiger partial charge in [-0.1, -0.05) is 0 Å². The van der Waals surface area contributed by atoms with E-state index in [4.69, 9.17) is 5.26 Å². The van der Waals surface area contributed by atoms with Crippen molar-refractivity contribution < 1.29 is 0 Å². The van der Waals surface area contributed by atoms with Gasteiger partial charge in [-0.05, 0) is 24.6 Å². The average Bonchev–Trinajstić information content (AvgIpc) is 2.15. The van der Waals surface area contributed by atoms with Crippen molar-refractivity contribution in [2.24, 2.45) is 0 Å². The van der Waals surface area contributed by atoms with Gasteiger partial charge < -0.3 is 0 Å². The summed E-state index contributed by atoms with van der Waals surface area (Å²) in [5.41, 5.74) is 1.15. The summed E-state index contributed by atoms with van der Waals surface area (Å²) in [6, 6.07) is 6.14. The van der Waals surface area contributed by atoms with Crippen LogP contribution in [0.5, 0.6) is 0 Å². The molecule has 0 aliphatic rings. The van der Waals surface area contributed by atoms with E-state index in [-0.39, 0.29) is 6.04 Å². The first-order valence-electron chi connectivity index (χ1n) is 3.85. The number of nitrogens with one attached hydrogen (secondary N) is 1. The smallest absolute Gasteiger partial charge is 0.0845 e. The van der Waals surface area contributed by atoms with Crippen LogP contribution in [0.25, 0.3) is 0 Å². The van der Waals surface area contributed by atoms with Crippen molar-refractivity contribution in [3.8, 4) is 6.07 Å². The van der Waals surface area contributed by atoms with E-state index in [1.165, 1.54) is 0 Å². The van der Waals surface area contributed by atoms with Crippen LogP contribution in [-0.4, -0.2) is 11.5 Å². The molecule has 1 aromatic rings. The van der Waals surface area contributed by atoms with Crippen molar-refractivity contribution in [1.82, 2.24) is 10.3 Å². The molecule has 0 radical (unpaired) electrons. The second kappa shape index (κ2) is 4.47. The molecule has 0 fully saturated rings. The highest BCUT2D eigenvalue weighted by Gasteiger charge is 2.01. The molecule has 1 N–H and O–H groups in total. The molecule has 1 atom stereocenters.